The van der Waals surface area contributed by atoms with Crippen molar-refractivity contribution in [2.24, 2.45) is 0 Å². The molecule has 2 atom stereocenters. The molecule has 16 nitrogen and oxygen atoms in total. The van der Waals surface area contributed by atoms with Crippen molar-refractivity contribution in [3.8, 4) is 106 Å². The maximum absolute atomic E-state index is 13.5. The molecule has 464 valence electrons. The molecule has 6 rings (SSSR count). The number of rotatable bonds is 20. The normalized spacial score (nSPS) is 10.7. The van der Waals surface area contributed by atoms with Crippen molar-refractivity contribution < 1.29 is 63.7 Å². The highest BCUT2D eigenvalue weighted by atomic mass is 19.1. The third-order valence-corrected chi connectivity index (χ3v) is 13.4. The second kappa shape index (κ2) is 33.0. The predicted octanol–water partition coefficient (Wildman–Crippen LogP) is 15.8. The fourth-order valence-corrected chi connectivity index (χ4v) is 7.65. The molecule has 8 N–H and O–H groups in total. The molecule has 0 aliphatic carbocycles. The molecule has 87 heavy (non-hydrogen) atoms. The molecule has 6 aromatic carbocycles. The van der Waals surface area contributed by atoms with Crippen LogP contribution in [0.15, 0.2) is 127 Å². The first-order valence-electron chi connectivity index (χ1n) is 27.5. The van der Waals surface area contributed by atoms with Crippen molar-refractivity contribution in [2.45, 2.75) is 104 Å². The van der Waals surface area contributed by atoms with Crippen LogP contribution in [0.25, 0.3) is 0 Å². The predicted molar refractivity (Wildman–Crippen MR) is 362 cm³/mol. The summed E-state index contributed by atoms with van der Waals surface area (Å²) in [5, 5.41) is 45.6. The standard InChI is InChI=1S/C35H46FN3O4.C35H20N4O5.11H2/c1-8-11-12-31(43-30-20-13-23(34(4,5)9-2)21-27(30)35(6,7)10-3)32(41)37-26-18-19-28(29(40)22-26)39-33(42)38-25-16-14-24(36)15-17-25;1-3-4-5-6-7-8-9-10-11-12-13-33(44-30-21-19-29(43-2)20-22-30)34(41)37-28-18-23-31(32(40)24-28)39-35(42)38-27-16-14-26(25-36)15-17-27;;;;;;;;;;;/h13-22,31,40H,8-12H2,1-7H3,(H,37,41)(H2,38,39,42);1,14-24,33,40H,2H3,(H,37,41)(H2,38,39,42);11*1H. The number of urea groups is 2. The number of anilines is 6. The Morgan fingerprint density at radius 3 is 1.57 bits per heavy atom. The number of ether oxygens (including phenoxy) is 3. The van der Waals surface area contributed by atoms with E-state index in [-0.39, 0.29) is 61.0 Å². The molecule has 17 heteroatoms. The summed E-state index contributed by atoms with van der Waals surface area (Å²) in [5.74, 6) is 26.5. The molecule has 6 amide bonds. The van der Waals surface area contributed by atoms with Gasteiger partial charge in [-0.15, -0.1) is 6.42 Å². The van der Waals surface area contributed by atoms with Crippen LogP contribution in [0.3, 0.4) is 0 Å². The summed E-state index contributed by atoms with van der Waals surface area (Å²) >= 11 is 0. The van der Waals surface area contributed by atoms with Gasteiger partial charge in [0.2, 0.25) is 6.10 Å². The number of hydrogen-bond acceptors (Lipinski definition) is 10. The van der Waals surface area contributed by atoms with E-state index in [0.717, 1.165) is 31.2 Å². The number of carbonyl (C=O) groups is 4. The number of unbranched alkanes of at least 4 members (excludes halogenated alkanes) is 1. The Morgan fingerprint density at radius 2 is 1.08 bits per heavy atom. The first-order valence-corrected chi connectivity index (χ1v) is 27.5. The van der Waals surface area contributed by atoms with Gasteiger partial charge in [-0.2, -0.15) is 5.26 Å². The molecule has 0 saturated heterocycles. The topological polar surface area (TPSA) is 232 Å². The van der Waals surface area contributed by atoms with Crippen LogP contribution in [0, 0.1) is 88.7 Å². The van der Waals surface area contributed by atoms with Gasteiger partial charge in [0.15, 0.2) is 6.10 Å². The van der Waals surface area contributed by atoms with Gasteiger partial charge in [-0.1, -0.05) is 67.0 Å². The maximum Gasteiger partial charge on any atom is 0.323 e. The first-order chi connectivity index (χ1) is 41.7. The smallest absolute Gasteiger partial charge is 0.323 e. The second-order valence-corrected chi connectivity index (χ2v) is 20.3. The van der Waals surface area contributed by atoms with E-state index in [1.165, 1.54) is 67.3 Å². The van der Waals surface area contributed by atoms with Gasteiger partial charge < -0.3 is 56.3 Å². The molecular weight excluding hydrogens is 1100 g/mol. The van der Waals surface area contributed by atoms with E-state index in [1.54, 1.807) is 54.6 Å². The third-order valence-electron chi connectivity index (χ3n) is 13.4. The highest BCUT2D eigenvalue weighted by Crippen LogP contribution is 2.39. The zero-order valence-electron chi connectivity index (χ0n) is 49.5. The number of terminal acetylenes is 1. The number of halogens is 1. The third kappa shape index (κ3) is 21.4. The molecular formula is C70H88FN7O9. The minimum atomic E-state index is -1.30. The Kier molecular flexibility index (Phi) is 25.2. The molecule has 0 bridgehead atoms. The fourth-order valence-electron chi connectivity index (χ4n) is 7.65. The van der Waals surface area contributed by atoms with Gasteiger partial charge >= 0.3 is 12.1 Å². The Balaban J connectivity index is -0.000000304. The van der Waals surface area contributed by atoms with Gasteiger partial charge in [-0.25, -0.2) is 14.0 Å². The molecule has 0 aromatic heterocycles. The molecule has 0 aliphatic rings. The lowest BCUT2D eigenvalue weighted by atomic mass is 9.76. The number of methoxy groups -OCH3 is 1. The van der Waals surface area contributed by atoms with Gasteiger partial charge in [0.25, 0.3) is 11.8 Å². The monoisotopic (exact) mass is 1190 g/mol. The fraction of sp³-hybridized carbons (Fsp3) is 0.243. The summed E-state index contributed by atoms with van der Waals surface area (Å²) in [5.41, 5.74) is 4.28. The molecule has 0 heterocycles. The highest BCUT2D eigenvalue weighted by Gasteiger charge is 2.30. The Bertz CT molecular complexity index is 3890. The number of aromatic hydroxyl groups is 2. The van der Waals surface area contributed by atoms with Crippen molar-refractivity contribution in [3.05, 3.63) is 150 Å². The van der Waals surface area contributed by atoms with Crippen LogP contribution in [0.5, 0.6) is 28.7 Å². The molecule has 0 radical (unpaired) electrons. The van der Waals surface area contributed by atoms with Crippen molar-refractivity contribution in [1.82, 2.24) is 0 Å². The number of nitriles is 1. The summed E-state index contributed by atoms with van der Waals surface area (Å²) in [6.45, 7) is 15.3. The Labute approximate surface area is 524 Å². The molecule has 2 unspecified atom stereocenters. The van der Waals surface area contributed by atoms with E-state index in [4.69, 9.17) is 25.9 Å². The van der Waals surface area contributed by atoms with E-state index >= 15 is 0 Å². The highest BCUT2D eigenvalue weighted by molar-refractivity contribution is 6.02. The summed E-state index contributed by atoms with van der Waals surface area (Å²) in [7, 11) is 1.52. The molecule has 6 aromatic rings. The molecule has 0 aliphatic heterocycles. The van der Waals surface area contributed by atoms with Gasteiger partial charge in [-0.3, -0.25) is 9.59 Å². The van der Waals surface area contributed by atoms with Crippen LogP contribution >= 0.6 is 0 Å². The number of phenols is 2. The number of nitrogens with zero attached hydrogens (tertiary/aromatic N) is 1. The van der Waals surface area contributed by atoms with Gasteiger partial charge in [0.1, 0.15) is 34.6 Å². The Hall–Kier alpha value is -11.4. The second-order valence-electron chi connectivity index (χ2n) is 20.3. The van der Waals surface area contributed by atoms with Crippen molar-refractivity contribution in [2.75, 3.05) is 39.0 Å². The van der Waals surface area contributed by atoms with Gasteiger partial charge in [-0.05, 0) is 210 Å². The summed E-state index contributed by atoms with van der Waals surface area (Å²) in [6, 6.07) is 33.7. The molecule has 0 fully saturated rings. The lowest BCUT2D eigenvalue weighted by molar-refractivity contribution is -0.123. The largest absolute Gasteiger partial charge is 0.506 e. The van der Waals surface area contributed by atoms with Gasteiger partial charge in [0, 0.05) is 56.1 Å². The summed E-state index contributed by atoms with van der Waals surface area (Å²) < 4.78 is 30.5. The minimum Gasteiger partial charge on any atom is -0.506 e. The average Bonchev–Trinajstić information content (AvgIpc) is 0.790. The average molecular weight is 1190 g/mol. The zero-order valence-corrected chi connectivity index (χ0v) is 49.5. The van der Waals surface area contributed by atoms with E-state index < -0.39 is 36.0 Å². The van der Waals surface area contributed by atoms with Crippen LogP contribution < -0.4 is 46.1 Å². The first kappa shape index (κ1) is 66.4. The van der Waals surface area contributed by atoms with Crippen LogP contribution in [-0.2, 0) is 20.4 Å². The minimum absolute atomic E-state index is 0. The summed E-state index contributed by atoms with van der Waals surface area (Å²) in [6.07, 6.45) is 7.11. The quantitative estimate of drug-likeness (QED) is 0.0266. The lowest BCUT2D eigenvalue weighted by Crippen LogP contribution is -2.34. The number of nitrogens with one attached hydrogen (secondary N) is 6. The van der Waals surface area contributed by atoms with Crippen LogP contribution in [-0.4, -0.2) is 53.4 Å². The van der Waals surface area contributed by atoms with Gasteiger partial charge in [0.05, 0.1) is 30.1 Å². The summed E-state index contributed by atoms with van der Waals surface area (Å²) in [4.78, 5) is 51.3. The Morgan fingerprint density at radius 1 is 0.586 bits per heavy atom. The van der Waals surface area contributed by atoms with E-state index in [9.17, 15) is 33.8 Å². The number of carbonyl (C=O) groups excluding carboxylic acids is 4. The van der Waals surface area contributed by atoms with Crippen LogP contribution in [0.1, 0.15) is 113 Å². The van der Waals surface area contributed by atoms with Crippen molar-refractivity contribution >= 4 is 58.0 Å². The zero-order chi connectivity index (χ0) is 63.4. The SMILES string of the molecule is C#CC#CC#CC#CC#CC#CC(Oc1ccc(OC)cc1)C(=O)Nc1ccc(NC(=O)Nc2ccc(C#N)cc2)c(O)c1.CCCCC(Oc1ccc(C(C)(C)CC)cc1C(C)(C)CC)C(=O)Nc1ccc(NC(=O)Nc2ccc(F)cc2)c(O)c1.[HH].[HH].[HH].[HH].[HH].[HH].[HH].[HH].[HH].[HH].[HH]. The van der Waals surface area contributed by atoms with E-state index in [1.807, 2.05) is 12.1 Å². The van der Waals surface area contributed by atoms with E-state index in [2.05, 4.69) is 158 Å². The van der Waals surface area contributed by atoms with E-state index in [0.29, 0.717) is 46.3 Å². The van der Waals surface area contributed by atoms with Crippen LogP contribution in [0.2, 0.25) is 0 Å². The van der Waals surface area contributed by atoms with Crippen molar-refractivity contribution in [1.29, 1.82) is 5.26 Å². The van der Waals surface area contributed by atoms with Crippen molar-refractivity contribution in [3.63, 3.8) is 0 Å². The molecule has 0 spiro atoms. The number of benzene rings is 6. The van der Waals surface area contributed by atoms with Crippen LogP contribution in [0.4, 0.5) is 48.1 Å². The maximum atomic E-state index is 13.5. The number of hydrogen-bond donors (Lipinski definition) is 8. The number of amides is 6. The number of phenolic OH excluding ortho intramolecular Hbond substituents is 2. The molecule has 0 saturated carbocycles. The lowest BCUT2D eigenvalue weighted by Gasteiger charge is -2.31.